The Labute approximate surface area is 136 Å². The molecule has 1 aromatic heterocycles. The van der Waals surface area contributed by atoms with Crippen LogP contribution in [0, 0.1) is 6.92 Å². The largest absolute Gasteiger partial charge is 0.390 e. The average molecular weight is 316 g/mol. The molecule has 4 heteroatoms. The molecule has 1 heterocycles. The number of anilines is 1. The normalized spacial score (nSPS) is 10.7. The molecule has 0 atom stereocenters. The fourth-order valence-corrected chi connectivity index (χ4v) is 3.68. The molecule has 0 aliphatic carbocycles. The molecule has 0 spiro atoms. The van der Waals surface area contributed by atoms with Crippen LogP contribution in [-0.2, 0) is 6.42 Å². The third-order valence-corrected chi connectivity index (χ3v) is 5.10. The van der Waals surface area contributed by atoms with Crippen molar-refractivity contribution >= 4 is 22.2 Å². The third kappa shape index (κ3) is 3.02. The van der Waals surface area contributed by atoms with Gasteiger partial charge in [-0.2, -0.15) is 0 Å². The number of aryl methyl sites for hydroxylation is 2. The Hall–Kier alpha value is -1.81. The van der Waals surface area contributed by atoms with Gasteiger partial charge < -0.3 is 10.6 Å². The SMILES string of the molecule is CCc1sc(N)c(C(=O)N(CC)CC)c1-c1ccc(C)cc1. The number of nitrogens with two attached hydrogens (primary N) is 1. The van der Waals surface area contributed by atoms with Gasteiger partial charge in [-0.05, 0) is 32.8 Å². The van der Waals surface area contributed by atoms with Crippen LogP contribution in [-0.4, -0.2) is 23.9 Å². The van der Waals surface area contributed by atoms with Gasteiger partial charge >= 0.3 is 0 Å². The topological polar surface area (TPSA) is 46.3 Å². The molecule has 0 saturated carbocycles. The van der Waals surface area contributed by atoms with Gasteiger partial charge in [0.2, 0.25) is 0 Å². The van der Waals surface area contributed by atoms with Gasteiger partial charge in [-0.15, -0.1) is 11.3 Å². The minimum Gasteiger partial charge on any atom is -0.390 e. The summed E-state index contributed by atoms with van der Waals surface area (Å²) in [5.74, 6) is 0.0361. The van der Waals surface area contributed by atoms with Gasteiger partial charge in [0.25, 0.3) is 5.91 Å². The summed E-state index contributed by atoms with van der Waals surface area (Å²) >= 11 is 1.54. The summed E-state index contributed by atoms with van der Waals surface area (Å²) in [6.45, 7) is 9.55. The average Bonchev–Trinajstić information content (AvgIpc) is 2.85. The highest BCUT2D eigenvalue weighted by Crippen LogP contribution is 2.39. The first-order valence-corrected chi connectivity index (χ1v) is 8.62. The van der Waals surface area contributed by atoms with Crippen LogP contribution >= 0.6 is 11.3 Å². The molecule has 1 aromatic carbocycles. The van der Waals surface area contributed by atoms with E-state index in [1.165, 1.54) is 21.8 Å². The number of nitrogens with zero attached hydrogens (tertiary/aromatic N) is 1. The van der Waals surface area contributed by atoms with Crippen LogP contribution in [0.15, 0.2) is 24.3 Å². The van der Waals surface area contributed by atoms with E-state index in [-0.39, 0.29) is 5.91 Å². The van der Waals surface area contributed by atoms with Crippen molar-refractivity contribution in [3.63, 3.8) is 0 Å². The predicted molar refractivity (Wildman–Crippen MR) is 95.5 cm³/mol. The fourth-order valence-electron chi connectivity index (χ4n) is 2.65. The molecule has 0 saturated heterocycles. The molecular formula is C18H24N2OS. The van der Waals surface area contributed by atoms with E-state index in [0.717, 1.165) is 17.5 Å². The minimum absolute atomic E-state index is 0.0361. The lowest BCUT2D eigenvalue weighted by Gasteiger charge is -2.19. The number of carbonyl (C=O) groups excluding carboxylic acids is 1. The number of carbonyl (C=O) groups is 1. The summed E-state index contributed by atoms with van der Waals surface area (Å²) in [5.41, 5.74) is 10.2. The van der Waals surface area contributed by atoms with E-state index in [1.54, 1.807) is 0 Å². The lowest BCUT2D eigenvalue weighted by molar-refractivity contribution is 0.0775. The van der Waals surface area contributed by atoms with E-state index >= 15 is 0 Å². The van der Waals surface area contributed by atoms with Crippen LogP contribution in [0.4, 0.5) is 5.00 Å². The Morgan fingerprint density at radius 1 is 1.14 bits per heavy atom. The molecule has 1 amide bonds. The summed E-state index contributed by atoms with van der Waals surface area (Å²) in [6.07, 6.45) is 0.879. The first-order chi connectivity index (χ1) is 10.5. The van der Waals surface area contributed by atoms with Crippen molar-refractivity contribution < 1.29 is 4.79 Å². The molecule has 22 heavy (non-hydrogen) atoms. The van der Waals surface area contributed by atoms with Crippen molar-refractivity contribution in [2.24, 2.45) is 0 Å². The van der Waals surface area contributed by atoms with Crippen LogP contribution in [0.1, 0.15) is 41.6 Å². The smallest absolute Gasteiger partial charge is 0.257 e. The van der Waals surface area contributed by atoms with Gasteiger partial charge in [0.1, 0.15) is 0 Å². The lowest BCUT2D eigenvalue weighted by Crippen LogP contribution is -2.31. The second-order valence-corrected chi connectivity index (χ2v) is 6.47. The number of amides is 1. The second-order valence-electron chi connectivity index (χ2n) is 5.34. The molecule has 118 valence electrons. The van der Waals surface area contributed by atoms with E-state index in [0.29, 0.717) is 23.7 Å². The van der Waals surface area contributed by atoms with Gasteiger partial charge in [0.15, 0.2) is 0 Å². The third-order valence-electron chi connectivity index (χ3n) is 3.93. The Morgan fingerprint density at radius 2 is 1.73 bits per heavy atom. The molecule has 0 fully saturated rings. The van der Waals surface area contributed by atoms with Crippen molar-refractivity contribution in [3.05, 3.63) is 40.3 Å². The first kappa shape index (κ1) is 16.6. The van der Waals surface area contributed by atoms with Crippen molar-refractivity contribution in [1.29, 1.82) is 0 Å². The minimum atomic E-state index is 0.0361. The number of hydrogen-bond acceptors (Lipinski definition) is 3. The Bertz CT molecular complexity index is 654. The highest BCUT2D eigenvalue weighted by atomic mass is 32.1. The molecular weight excluding hydrogens is 292 g/mol. The Morgan fingerprint density at radius 3 is 2.23 bits per heavy atom. The van der Waals surface area contributed by atoms with Gasteiger partial charge in [-0.25, -0.2) is 0 Å². The van der Waals surface area contributed by atoms with Crippen molar-refractivity contribution in [1.82, 2.24) is 4.90 Å². The van der Waals surface area contributed by atoms with Crippen LogP contribution in [0.3, 0.4) is 0 Å². The maximum absolute atomic E-state index is 12.9. The van der Waals surface area contributed by atoms with Gasteiger partial charge in [0.05, 0.1) is 10.6 Å². The van der Waals surface area contributed by atoms with Crippen molar-refractivity contribution in [2.45, 2.75) is 34.1 Å². The predicted octanol–water partition coefficient (Wildman–Crippen LogP) is 4.35. The van der Waals surface area contributed by atoms with Crippen LogP contribution in [0.25, 0.3) is 11.1 Å². The van der Waals surface area contributed by atoms with E-state index < -0.39 is 0 Å². The van der Waals surface area contributed by atoms with Gasteiger partial charge in [0, 0.05) is 23.5 Å². The Kier molecular flexibility index (Phi) is 5.24. The zero-order valence-corrected chi connectivity index (χ0v) is 14.6. The summed E-state index contributed by atoms with van der Waals surface area (Å²) in [6, 6.07) is 8.31. The first-order valence-electron chi connectivity index (χ1n) is 7.80. The molecule has 2 rings (SSSR count). The molecule has 0 unspecified atom stereocenters. The molecule has 0 aliphatic heterocycles. The van der Waals surface area contributed by atoms with Gasteiger partial charge in [-0.3, -0.25) is 4.79 Å². The van der Waals surface area contributed by atoms with E-state index in [9.17, 15) is 4.79 Å². The zero-order chi connectivity index (χ0) is 16.3. The number of benzene rings is 1. The summed E-state index contributed by atoms with van der Waals surface area (Å²) in [7, 11) is 0. The standard InChI is InChI=1S/C18H24N2OS/c1-5-14-15(13-10-8-12(4)9-11-13)16(17(19)22-14)18(21)20(6-2)7-3/h8-11H,5-7,19H2,1-4H3. The molecule has 0 radical (unpaired) electrons. The quantitative estimate of drug-likeness (QED) is 0.891. The van der Waals surface area contributed by atoms with E-state index in [4.69, 9.17) is 5.73 Å². The van der Waals surface area contributed by atoms with Crippen LogP contribution in [0.5, 0.6) is 0 Å². The summed E-state index contributed by atoms with van der Waals surface area (Å²) < 4.78 is 0. The zero-order valence-electron chi connectivity index (χ0n) is 13.8. The monoisotopic (exact) mass is 316 g/mol. The summed E-state index contributed by atoms with van der Waals surface area (Å²) in [4.78, 5) is 15.9. The lowest BCUT2D eigenvalue weighted by atomic mass is 9.98. The highest BCUT2D eigenvalue weighted by molar-refractivity contribution is 7.17. The molecule has 2 N–H and O–H groups in total. The molecule has 2 aromatic rings. The molecule has 0 aliphatic rings. The number of nitrogen functional groups attached to an aromatic ring is 1. The molecule has 0 bridgehead atoms. The fraction of sp³-hybridized carbons (Fsp3) is 0.389. The number of rotatable bonds is 5. The maximum atomic E-state index is 12.9. The molecule has 3 nitrogen and oxygen atoms in total. The Balaban J connectivity index is 2.61. The highest BCUT2D eigenvalue weighted by Gasteiger charge is 2.25. The van der Waals surface area contributed by atoms with E-state index in [2.05, 4.69) is 38.1 Å². The van der Waals surface area contributed by atoms with Gasteiger partial charge in [-0.1, -0.05) is 36.8 Å². The van der Waals surface area contributed by atoms with Crippen LogP contribution < -0.4 is 5.73 Å². The number of thiophene rings is 1. The number of hydrogen-bond donors (Lipinski definition) is 1. The second kappa shape index (κ2) is 6.97. The van der Waals surface area contributed by atoms with E-state index in [1.807, 2.05) is 18.7 Å². The van der Waals surface area contributed by atoms with Crippen molar-refractivity contribution in [3.8, 4) is 11.1 Å². The maximum Gasteiger partial charge on any atom is 0.257 e. The summed E-state index contributed by atoms with van der Waals surface area (Å²) in [5, 5.41) is 0.629. The van der Waals surface area contributed by atoms with Crippen LogP contribution in [0.2, 0.25) is 0 Å². The van der Waals surface area contributed by atoms with Crippen molar-refractivity contribution in [2.75, 3.05) is 18.8 Å².